The van der Waals surface area contributed by atoms with Crippen molar-refractivity contribution in [3.05, 3.63) is 234 Å². The highest BCUT2D eigenvalue weighted by molar-refractivity contribution is 5.83. The average molecular weight is 758 g/mol. The lowest BCUT2D eigenvalue weighted by Gasteiger charge is -2.30. The minimum absolute atomic E-state index is 0.176. The molecule has 0 saturated heterocycles. The third-order valence-corrected chi connectivity index (χ3v) is 12.0. The van der Waals surface area contributed by atoms with Gasteiger partial charge in [-0.1, -0.05) is 195 Å². The number of hydrogen-bond donors (Lipinski definition) is 0. The van der Waals surface area contributed by atoms with Gasteiger partial charge in [0.2, 0.25) is 0 Å². The van der Waals surface area contributed by atoms with E-state index in [1.165, 1.54) is 61.2 Å². The molecule has 1 aliphatic rings. The maximum atomic E-state index is 5.13. The minimum atomic E-state index is 0.176. The Labute approximate surface area is 346 Å². The molecule has 1 unspecified atom stereocenters. The van der Waals surface area contributed by atoms with Crippen LogP contribution < -0.4 is 0 Å². The summed E-state index contributed by atoms with van der Waals surface area (Å²) in [5.74, 6) is 2.43. The monoisotopic (exact) mass is 757 g/mol. The topological polar surface area (TPSA) is 38.7 Å². The highest BCUT2D eigenvalue weighted by Gasteiger charge is 2.28. The molecule has 1 aromatic heterocycles. The highest BCUT2D eigenvalue weighted by atomic mass is 15.0. The second kappa shape index (κ2) is 15.6. The average Bonchev–Trinajstić information content (AvgIpc) is 3.31. The molecule has 0 radical (unpaired) electrons. The van der Waals surface area contributed by atoms with E-state index in [1.807, 2.05) is 24.3 Å². The molecular formula is C56H43N3. The van der Waals surface area contributed by atoms with E-state index >= 15 is 0 Å². The summed E-state index contributed by atoms with van der Waals surface area (Å²) < 4.78 is 0. The van der Waals surface area contributed by atoms with Crippen LogP contribution in [0.25, 0.3) is 67.5 Å². The van der Waals surface area contributed by atoms with Crippen LogP contribution in [0.4, 0.5) is 0 Å². The van der Waals surface area contributed by atoms with Crippen molar-refractivity contribution in [3.8, 4) is 67.5 Å². The number of benzene rings is 8. The number of rotatable bonds is 8. The predicted octanol–water partition coefficient (Wildman–Crippen LogP) is 14.0. The van der Waals surface area contributed by atoms with E-state index in [9.17, 15) is 0 Å². The van der Waals surface area contributed by atoms with Crippen molar-refractivity contribution < 1.29 is 0 Å². The van der Waals surface area contributed by atoms with Gasteiger partial charge in [-0.3, -0.25) is 0 Å². The molecule has 282 valence electrons. The van der Waals surface area contributed by atoms with Crippen molar-refractivity contribution in [1.82, 2.24) is 15.0 Å². The molecule has 8 aromatic carbocycles. The van der Waals surface area contributed by atoms with Crippen LogP contribution in [-0.4, -0.2) is 15.0 Å². The van der Waals surface area contributed by atoms with E-state index < -0.39 is 0 Å². The lowest BCUT2D eigenvalue weighted by atomic mass is 9.74. The van der Waals surface area contributed by atoms with Crippen LogP contribution in [0.15, 0.2) is 200 Å². The molecular weight excluding hydrogens is 715 g/mol. The number of nitrogens with zero attached hydrogens (tertiary/aromatic N) is 3. The Morgan fingerprint density at radius 3 is 1.66 bits per heavy atom. The Balaban J connectivity index is 1.03. The van der Waals surface area contributed by atoms with Crippen molar-refractivity contribution in [2.24, 2.45) is 0 Å². The second-order valence-corrected chi connectivity index (χ2v) is 15.6. The zero-order valence-electron chi connectivity index (χ0n) is 33.3. The predicted molar refractivity (Wildman–Crippen MR) is 243 cm³/mol. The SMILES string of the molecule is Cc1cc2c(cc1-c1ccccc1[C@@H](C)c1ccccc1)-c1ccccc1C(c1cccc(-c3nc(-c4ccccc4)nc(-c4ccc(-c5ccccc5)cc4)n3)c1)C2. The zero-order valence-corrected chi connectivity index (χ0v) is 33.3. The van der Waals surface area contributed by atoms with Gasteiger partial charge in [-0.15, -0.1) is 0 Å². The first-order valence-corrected chi connectivity index (χ1v) is 20.5. The highest BCUT2D eigenvalue weighted by Crippen LogP contribution is 2.46. The number of aromatic nitrogens is 3. The minimum Gasteiger partial charge on any atom is -0.208 e. The zero-order chi connectivity index (χ0) is 39.7. The molecule has 0 fully saturated rings. The Morgan fingerprint density at radius 1 is 0.424 bits per heavy atom. The first kappa shape index (κ1) is 36.1. The molecule has 59 heavy (non-hydrogen) atoms. The molecule has 0 N–H and O–H groups in total. The summed E-state index contributed by atoms with van der Waals surface area (Å²) in [5, 5.41) is 0. The summed E-state index contributed by atoms with van der Waals surface area (Å²) in [6.07, 6.45) is 0.907. The van der Waals surface area contributed by atoms with Crippen LogP contribution in [0.2, 0.25) is 0 Å². The molecule has 0 amide bonds. The summed E-state index contributed by atoms with van der Waals surface area (Å²) in [5.41, 5.74) is 18.4. The van der Waals surface area contributed by atoms with Crippen LogP contribution in [0.5, 0.6) is 0 Å². The third-order valence-electron chi connectivity index (χ3n) is 12.0. The van der Waals surface area contributed by atoms with Crippen molar-refractivity contribution in [1.29, 1.82) is 0 Å². The van der Waals surface area contributed by atoms with E-state index in [2.05, 4.69) is 190 Å². The molecule has 1 aliphatic carbocycles. The summed E-state index contributed by atoms with van der Waals surface area (Å²) in [7, 11) is 0. The molecule has 0 spiro atoms. The van der Waals surface area contributed by atoms with Crippen LogP contribution in [0.1, 0.15) is 52.1 Å². The molecule has 3 heteroatoms. The van der Waals surface area contributed by atoms with Gasteiger partial charge in [0.15, 0.2) is 17.5 Å². The number of aryl methyl sites for hydroxylation is 1. The van der Waals surface area contributed by atoms with E-state index in [-0.39, 0.29) is 11.8 Å². The van der Waals surface area contributed by atoms with Gasteiger partial charge in [-0.05, 0) is 92.2 Å². The standard InChI is InChI=1S/C56H43N3/c1-37-33-46-35-52(49-27-14-15-28-50(49)53(46)36-51(37)48-26-13-12-25-47(48)38(2)39-17-6-3-7-18-39)44-23-16-24-45(34-44)56-58-54(42-21-10-5-11-22-42)57-55(59-56)43-31-29-41(30-32-43)40-19-8-4-9-20-40/h3-34,36,38,52H,35H2,1-2H3/t38-,52?/m0/s1. The first-order valence-electron chi connectivity index (χ1n) is 20.5. The van der Waals surface area contributed by atoms with Gasteiger partial charge in [-0.2, -0.15) is 0 Å². The molecule has 9 aromatic rings. The summed E-state index contributed by atoms with van der Waals surface area (Å²) in [6, 6.07) is 71.6. The molecule has 3 nitrogen and oxygen atoms in total. The van der Waals surface area contributed by atoms with Crippen molar-refractivity contribution in [2.75, 3.05) is 0 Å². The molecule has 0 saturated carbocycles. The largest absolute Gasteiger partial charge is 0.208 e. The summed E-state index contributed by atoms with van der Waals surface area (Å²) in [6.45, 7) is 4.59. The molecule has 10 rings (SSSR count). The molecule has 0 bridgehead atoms. The van der Waals surface area contributed by atoms with E-state index in [0.717, 1.165) is 28.7 Å². The van der Waals surface area contributed by atoms with Gasteiger partial charge in [0.25, 0.3) is 0 Å². The Morgan fingerprint density at radius 2 is 0.949 bits per heavy atom. The fourth-order valence-electron chi connectivity index (χ4n) is 8.88. The van der Waals surface area contributed by atoms with Gasteiger partial charge in [0.1, 0.15) is 0 Å². The molecule has 0 aliphatic heterocycles. The fourth-order valence-corrected chi connectivity index (χ4v) is 8.88. The van der Waals surface area contributed by atoms with Crippen molar-refractivity contribution in [3.63, 3.8) is 0 Å². The van der Waals surface area contributed by atoms with Gasteiger partial charge in [0, 0.05) is 28.5 Å². The number of fused-ring (bicyclic) bond motifs is 3. The normalized spacial score (nSPS) is 13.6. The fraction of sp³-hybridized carbons (Fsp3) is 0.0893. The van der Waals surface area contributed by atoms with Crippen LogP contribution in [0, 0.1) is 6.92 Å². The smallest absolute Gasteiger partial charge is 0.164 e. The van der Waals surface area contributed by atoms with Crippen LogP contribution >= 0.6 is 0 Å². The Hall–Kier alpha value is -7.23. The lowest BCUT2D eigenvalue weighted by Crippen LogP contribution is -2.13. The van der Waals surface area contributed by atoms with Gasteiger partial charge in [0.05, 0.1) is 0 Å². The van der Waals surface area contributed by atoms with Gasteiger partial charge >= 0.3 is 0 Å². The lowest BCUT2D eigenvalue weighted by molar-refractivity contribution is 0.793. The van der Waals surface area contributed by atoms with Crippen molar-refractivity contribution in [2.45, 2.75) is 32.1 Å². The molecule has 2 atom stereocenters. The maximum absolute atomic E-state index is 5.13. The van der Waals surface area contributed by atoms with Crippen LogP contribution in [-0.2, 0) is 6.42 Å². The van der Waals surface area contributed by atoms with Crippen molar-refractivity contribution >= 4 is 0 Å². The first-order chi connectivity index (χ1) is 29.1. The Bertz CT molecular complexity index is 2920. The van der Waals surface area contributed by atoms with Crippen LogP contribution in [0.3, 0.4) is 0 Å². The second-order valence-electron chi connectivity index (χ2n) is 15.6. The Kier molecular flexibility index (Phi) is 9.56. The summed E-state index contributed by atoms with van der Waals surface area (Å²) in [4.78, 5) is 15.2. The summed E-state index contributed by atoms with van der Waals surface area (Å²) >= 11 is 0. The third kappa shape index (κ3) is 7.06. The maximum Gasteiger partial charge on any atom is 0.164 e. The van der Waals surface area contributed by atoms with E-state index in [1.54, 1.807) is 0 Å². The quantitative estimate of drug-likeness (QED) is 0.155. The van der Waals surface area contributed by atoms with E-state index in [0.29, 0.717) is 17.5 Å². The van der Waals surface area contributed by atoms with E-state index in [4.69, 9.17) is 15.0 Å². The number of hydrogen-bond acceptors (Lipinski definition) is 3. The van der Waals surface area contributed by atoms with Gasteiger partial charge in [-0.25, -0.2) is 15.0 Å². The van der Waals surface area contributed by atoms with Gasteiger partial charge < -0.3 is 0 Å². The molecule has 1 heterocycles.